The summed E-state index contributed by atoms with van der Waals surface area (Å²) in [5.74, 6) is 3.93. The fourth-order valence-corrected chi connectivity index (χ4v) is 2.79. The summed E-state index contributed by atoms with van der Waals surface area (Å²) < 4.78 is 5.14. The summed E-state index contributed by atoms with van der Waals surface area (Å²) >= 11 is 0. The van der Waals surface area contributed by atoms with Crippen LogP contribution in [-0.2, 0) is 11.3 Å². The molecule has 0 saturated heterocycles. The molecular weight excluding hydrogens is 252 g/mol. The van der Waals surface area contributed by atoms with Crippen molar-refractivity contribution in [2.45, 2.75) is 46.3 Å². The van der Waals surface area contributed by atoms with E-state index in [0.717, 1.165) is 24.1 Å². The van der Waals surface area contributed by atoms with Crippen molar-refractivity contribution in [3.63, 3.8) is 0 Å². The molecule has 1 fully saturated rings. The molecule has 0 radical (unpaired) electrons. The molecule has 5 nitrogen and oxygen atoms in total. The molecule has 1 aliphatic carbocycles. The van der Waals surface area contributed by atoms with Crippen LogP contribution in [0.4, 0.5) is 11.6 Å². The van der Waals surface area contributed by atoms with Gasteiger partial charge in [0.25, 0.3) is 0 Å². The molecule has 2 N–H and O–H groups in total. The first-order valence-corrected chi connectivity index (χ1v) is 7.51. The van der Waals surface area contributed by atoms with Crippen molar-refractivity contribution in [2.75, 3.05) is 24.3 Å². The predicted molar refractivity (Wildman–Crippen MR) is 81.9 cm³/mol. The highest BCUT2D eigenvalue weighted by Gasteiger charge is 2.29. The van der Waals surface area contributed by atoms with Crippen LogP contribution in [0.5, 0.6) is 0 Å². The van der Waals surface area contributed by atoms with E-state index in [0.29, 0.717) is 24.4 Å². The number of aromatic nitrogens is 2. The van der Waals surface area contributed by atoms with Crippen molar-refractivity contribution in [1.29, 1.82) is 0 Å². The first kappa shape index (κ1) is 15.0. The third kappa shape index (κ3) is 3.60. The van der Waals surface area contributed by atoms with Gasteiger partial charge in [0.2, 0.25) is 0 Å². The van der Waals surface area contributed by atoms with Gasteiger partial charge in [0, 0.05) is 25.8 Å². The van der Waals surface area contributed by atoms with E-state index in [2.05, 4.69) is 41.4 Å². The maximum atomic E-state index is 5.14. The van der Waals surface area contributed by atoms with Crippen LogP contribution < -0.4 is 10.6 Å². The minimum Gasteiger partial charge on any atom is -0.377 e. The quantitative estimate of drug-likeness (QED) is 0.838. The summed E-state index contributed by atoms with van der Waals surface area (Å²) in [6, 6.07) is 2.49. The second-order valence-corrected chi connectivity index (χ2v) is 5.68. The van der Waals surface area contributed by atoms with Gasteiger partial charge in [-0.2, -0.15) is 0 Å². The first-order valence-electron chi connectivity index (χ1n) is 7.51. The molecule has 112 valence electrons. The van der Waals surface area contributed by atoms with Crippen molar-refractivity contribution in [3.8, 4) is 0 Å². The molecule has 3 atom stereocenters. The Labute approximate surface area is 121 Å². The van der Waals surface area contributed by atoms with Gasteiger partial charge < -0.3 is 15.4 Å². The first-order chi connectivity index (χ1) is 9.63. The molecule has 5 heteroatoms. The van der Waals surface area contributed by atoms with E-state index in [-0.39, 0.29) is 0 Å². The molecule has 1 heterocycles. The van der Waals surface area contributed by atoms with Gasteiger partial charge in [-0.15, -0.1) is 0 Å². The minimum atomic E-state index is 0.435. The number of hydrogen-bond donors (Lipinski definition) is 2. The molecule has 1 aromatic rings. The number of methoxy groups -OCH3 is 1. The van der Waals surface area contributed by atoms with Crippen LogP contribution >= 0.6 is 0 Å². The minimum absolute atomic E-state index is 0.435. The largest absolute Gasteiger partial charge is 0.377 e. The normalized spacial score (nSPS) is 25.7. The van der Waals surface area contributed by atoms with Crippen molar-refractivity contribution < 1.29 is 4.74 Å². The molecule has 0 aromatic carbocycles. The third-order valence-electron chi connectivity index (χ3n) is 4.20. The van der Waals surface area contributed by atoms with E-state index in [4.69, 9.17) is 4.74 Å². The van der Waals surface area contributed by atoms with E-state index in [1.165, 1.54) is 12.8 Å². The standard InChI is InChI=1S/C15H26N4O/c1-5-16-13-8-14(19-15(18-13)9-20-4)17-12-7-6-10(2)11(12)3/h8,10-12H,5-7,9H2,1-4H3,(H2,16,17,18,19). The number of hydrogen-bond acceptors (Lipinski definition) is 5. The molecular formula is C15H26N4O. The number of rotatable bonds is 6. The zero-order chi connectivity index (χ0) is 14.5. The average molecular weight is 278 g/mol. The van der Waals surface area contributed by atoms with Gasteiger partial charge in [0.1, 0.15) is 18.2 Å². The Morgan fingerprint density at radius 3 is 2.60 bits per heavy atom. The number of ether oxygens (including phenoxy) is 1. The van der Waals surface area contributed by atoms with Crippen LogP contribution in [0, 0.1) is 11.8 Å². The molecule has 0 amide bonds. The Morgan fingerprint density at radius 1 is 1.25 bits per heavy atom. The molecule has 2 rings (SSSR count). The lowest BCUT2D eigenvalue weighted by atomic mass is 9.98. The van der Waals surface area contributed by atoms with Crippen molar-refractivity contribution >= 4 is 11.6 Å². The third-order valence-corrected chi connectivity index (χ3v) is 4.20. The van der Waals surface area contributed by atoms with E-state index >= 15 is 0 Å². The van der Waals surface area contributed by atoms with Crippen LogP contribution in [0.1, 0.15) is 39.4 Å². The van der Waals surface area contributed by atoms with Gasteiger partial charge in [-0.3, -0.25) is 0 Å². The number of nitrogens with zero attached hydrogens (tertiary/aromatic N) is 2. The van der Waals surface area contributed by atoms with E-state index in [9.17, 15) is 0 Å². The van der Waals surface area contributed by atoms with Crippen molar-refractivity contribution in [2.24, 2.45) is 11.8 Å². The highest BCUT2D eigenvalue weighted by Crippen LogP contribution is 2.33. The molecule has 0 spiro atoms. The van der Waals surface area contributed by atoms with Gasteiger partial charge in [-0.1, -0.05) is 13.8 Å². The summed E-state index contributed by atoms with van der Waals surface area (Å²) in [5, 5.41) is 6.82. The predicted octanol–water partition coefficient (Wildman–Crippen LogP) is 2.90. The van der Waals surface area contributed by atoms with E-state index in [1.807, 2.05) is 6.07 Å². The topological polar surface area (TPSA) is 59.1 Å². The molecule has 1 saturated carbocycles. The molecule has 0 bridgehead atoms. The van der Waals surface area contributed by atoms with Crippen LogP contribution in [0.25, 0.3) is 0 Å². The fourth-order valence-electron chi connectivity index (χ4n) is 2.79. The smallest absolute Gasteiger partial charge is 0.158 e. The number of nitrogens with one attached hydrogen (secondary N) is 2. The summed E-state index contributed by atoms with van der Waals surface area (Å²) in [7, 11) is 1.66. The Morgan fingerprint density at radius 2 is 2.00 bits per heavy atom. The van der Waals surface area contributed by atoms with E-state index < -0.39 is 0 Å². The zero-order valence-electron chi connectivity index (χ0n) is 12.9. The van der Waals surface area contributed by atoms with Gasteiger partial charge in [0.05, 0.1) is 0 Å². The number of anilines is 2. The molecule has 1 aliphatic rings. The summed E-state index contributed by atoms with van der Waals surface area (Å²) in [6.07, 6.45) is 2.50. The van der Waals surface area contributed by atoms with Crippen LogP contribution in [0.2, 0.25) is 0 Å². The highest BCUT2D eigenvalue weighted by atomic mass is 16.5. The second kappa shape index (κ2) is 6.88. The van der Waals surface area contributed by atoms with Crippen LogP contribution in [0.3, 0.4) is 0 Å². The lowest BCUT2D eigenvalue weighted by Gasteiger charge is -2.21. The Kier molecular flexibility index (Phi) is 5.17. The highest BCUT2D eigenvalue weighted by molar-refractivity contribution is 5.48. The van der Waals surface area contributed by atoms with Crippen molar-refractivity contribution in [1.82, 2.24) is 9.97 Å². The second-order valence-electron chi connectivity index (χ2n) is 5.68. The maximum Gasteiger partial charge on any atom is 0.158 e. The van der Waals surface area contributed by atoms with Gasteiger partial charge in [-0.25, -0.2) is 9.97 Å². The summed E-state index contributed by atoms with van der Waals surface area (Å²) in [5.41, 5.74) is 0. The molecule has 3 unspecified atom stereocenters. The van der Waals surface area contributed by atoms with Crippen molar-refractivity contribution in [3.05, 3.63) is 11.9 Å². The van der Waals surface area contributed by atoms with Gasteiger partial charge in [-0.05, 0) is 31.6 Å². The molecule has 20 heavy (non-hydrogen) atoms. The van der Waals surface area contributed by atoms with Gasteiger partial charge in [0.15, 0.2) is 5.82 Å². The molecule has 0 aliphatic heterocycles. The Hall–Kier alpha value is -1.36. The lowest BCUT2D eigenvalue weighted by molar-refractivity contribution is 0.178. The lowest BCUT2D eigenvalue weighted by Crippen LogP contribution is -2.25. The van der Waals surface area contributed by atoms with Gasteiger partial charge >= 0.3 is 0 Å². The Balaban J connectivity index is 2.13. The Bertz CT molecular complexity index is 414. The van der Waals surface area contributed by atoms with E-state index in [1.54, 1.807) is 7.11 Å². The monoisotopic (exact) mass is 278 g/mol. The summed E-state index contributed by atoms with van der Waals surface area (Å²) in [4.78, 5) is 8.98. The van der Waals surface area contributed by atoms with Crippen LogP contribution in [0.15, 0.2) is 6.07 Å². The fraction of sp³-hybridized carbons (Fsp3) is 0.733. The SMILES string of the molecule is CCNc1cc(NC2CCC(C)C2C)nc(COC)n1. The molecule has 1 aromatic heterocycles. The van der Waals surface area contributed by atoms with Crippen LogP contribution in [-0.4, -0.2) is 29.7 Å². The summed E-state index contributed by atoms with van der Waals surface area (Å²) in [6.45, 7) is 7.99. The maximum absolute atomic E-state index is 5.14. The zero-order valence-corrected chi connectivity index (χ0v) is 12.9. The average Bonchev–Trinajstić information content (AvgIpc) is 2.71.